The van der Waals surface area contributed by atoms with Crippen molar-refractivity contribution in [2.75, 3.05) is 0 Å². The average molecular weight is 254 g/mol. The minimum absolute atomic E-state index is 0.0935. The van der Waals surface area contributed by atoms with Crippen molar-refractivity contribution in [3.63, 3.8) is 0 Å². The molecule has 0 aliphatic rings. The zero-order valence-electron chi connectivity index (χ0n) is 10.8. The van der Waals surface area contributed by atoms with E-state index < -0.39 is 0 Å². The quantitative estimate of drug-likeness (QED) is 0.719. The summed E-state index contributed by atoms with van der Waals surface area (Å²) in [5.74, 6) is 1.45. The lowest BCUT2D eigenvalue weighted by Gasteiger charge is -2.13. The first-order valence-corrected chi connectivity index (χ1v) is 6.20. The number of furan rings is 1. The van der Waals surface area contributed by atoms with Crippen molar-refractivity contribution < 1.29 is 9.21 Å². The maximum Gasteiger partial charge on any atom is 0.177 e. The van der Waals surface area contributed by atoms with Crippen molar-refractivity contribution in [3.8, 4) is 11.6 Å². The fraction of sp³-hybridized carbons (Fsp3) is 0.200. The standard InChI is InChI=1S/C15H14N2O2/c1-10(11(2)18)17-13-7-4-3-6-12(13)16-15(17)14-8-5-9-19-14/h3-10H,1-2H3. The molecular weight excluding hydrogens is 240 g/mol. The third kappa shape index (κ3) is 1.85. The molecule has 0 radical (unpaired) electrons. The molecule has 0 amide bonds. The number of benzene rings is 1. The predicted octanol–water partition coefficient (Wildman–Crippen LogP) is 3.45. The summed E-state index contributed by atoms with van der Waals surface area (Å²) in [6, 6.07) is 11.2. The molecule has 0 aliphatic heterocycles. The molecule has 3 aromatic rings. The van der Waals surface area contributed by atoms with Crippen LogP contribution in [0, 0.1) is 0 Å². The van der Waals surface area contributed by atoms with Gasteiger partial charge >= 0.3 is 0 Å². The third-order valence-electron chi connectivity index (χ3n) is 3.31. The number of Topliss-reactive ketones (excluding diaryl/α,β-unsaturated/α-hetero) is 1. The number of aromatic nitrogens is 2. The van der Waals surface area contributed by atoms with E-state index in [0.29, 0.717) is 11.6 Å². The summed E-state index contributed by atoms with van der Waals surface area (Å²) in [5, 5.41) is 0. The molecule has 0 saturated heterocycles. The maximum absolute atomic E-state index is 11.7. The number of para-hydroxylation sites is 2. The van der Waals surface area contributed by atoms with Crippen LogP contribution in [0.2, 0.25) is 0 Å². The highest BCUT2D eigenvalue weighted by Crippen LogP contribution is 2.28. The molecule has 2 aromatic heterocycles. The third-order valence-corrected chi connectivity index (χ3v) is 3.31. The number of rotatable bonds is 3. The van der Waals surface area contributed by atoms with E-state index in [1.807, 2.05) is 47.9 Å². The van der Waals surface area contributed by atoms with Crippen LogP contribution in [-0.4, -0.2) is 15.3 Å². The van der Waals surface area contributed by atoms with Crippen LogP contribution in [-0.2, 0) is 4.79 Å². The van der Waals surface area contributed by atoms with Crippen LogP contribution in [0.3, 0.4) is 0 Å². The summed E-state index contributed by atoms with van der Waals surface area (Å²) in [5.41, 5.74) is 1.80. The molecule has 96 valence electrons. The van der Waals surface area contributed by atoms with Gasteiger partial charge in [0.25, 0.3) is 0 Å². The van der Waals surface area contributed by atoms with Gasteiger partial charge in [-0.3, -0.25) is 4.79 Å². The van der Waals surface area contributed by atoms with Crippen LogP contribution in [0.4, 0.5) is 0 Å². The van der Waals surface area contributed by atoms with Gasteiger partial charge in [-0.15, -0.1) is 0 Å². The molecule has 0 saturated carbocycles. The monoisotopic (exact) mass is 254 g/mol. The zero-order valence-corrected chi connectivity index (χ0v) is 10.8. The molecular formula is C15H14N2O2. The van der Waals surface area contributed by atoms with Gasteiger partial charge in [-0.2, -0.15) is 0 Å². The topological polar surface area (TPSA) is 48.0 Å². The van der Waals surface area contributed by atoms with E-state index in [0.717, 1.165) is 11.0 Å². The molecule has 19 heavy (non-hydrogen) atoms. The van der Waals surface area contributed by atoms with E-state index in [2.05, 4.69) is 4.98 Å². The van der Waals surface area contributed by atoms with Crippen molar-refractivity contribution >= 4 is 16.8 Å². The highest BCUT2D eigenvalue weighted by atomic mass is 16.3. The Hall–Kier alpha value is -2.36. The number of fused-ring (bicyclic) bond motifs is 1. The summed E-state index contributed by atoms with van der Waals surface area (Å²) < 4.78 is 7.35. The fourth-order valence-corrected chi connectivity index (χ4v) is 2.20. The molecule has 0 aliphatic carbocycles. The highest BCUT2D eigenvalue weighted by Gasteiger charge is 2.20. The number of carbonyl (C=O) groups excluding carboxylic acids is 1. The van der Waals surface area contributed by atoms with Crippen molar-refractivity contribution in [2.24, 2.45) is 0 Å². The molecule has 0 N–H and O–H groups in total. The lowest BCUT2D eigenvalue weighted by molar-refractivity contribution is -0.119. The van der Waals surface area contributed by atoms with Gasteiger partial charge in [0.1, 0.15) is 0 Å². The Labute approximate surface area is 110 Å². The van der Waals surface area contributed by atoms with Gasteiger partial charge in [-0.1, -0.05) is 12.1 Å². The molecule has 4 heteroatoms. The van der Waals surface area contributed by atoms with Crippen LogP contribution >= 0.6 is 0 Å². The van der Waals surface area contributed by atoms with Crippen molar-refractivity contribution in [2.45, 2.75) is 19.9 Å². The van der Waals surface area contributed by atoms with Crippen molar-refractivity contribution in [3.05, 3.63) is 42.7 Å². The second kappa shape index (κ2) is 4.39. The van der Waals surface area contributed by atoms with Crippen LogP contribution in [0.1, 0.15) is 19.9 Å². The van der Waals surface area contributed by atoms with Crippen LogP contribution in [0.5, 0.6) is 0 Å². The Bertz CT molecular complexity index is 726. The first-order valence-electron chi connectivity index (χ1n) is 6.20. The average Bonchev–Trinajstić information content (AvgIpc) is 3.04. The maximum atomic E-state index is 11.7. The molecule has 1 aromatic carbocycles. The summed E-state index contributed by atoms with van der Waals surface area (Å²) in [6.07, 6.45) is 1.61. The smallest absolute Gasteiger partial charge is 0.177 e. The minimum atomic E-state index is -0.271. The number of ketones is 1. The Morgan fingerprint density at radius 2 is 2.05 bits per heavy atom. The molecule has 1 atom stereocenters. The highest BCUT2D eigenvalue weighted by molar-refractivity contribution is 5.86. The fourth-order valence-electron chi connectivity index (χ4n) is 2.20. The number of hydrogen-bond acceptors (Lipinski definition) is 3. The van der Waals surface area contributed by atoms with Gasteiger partial charge in [0.15, 0.2) is 17.4 Å². The van der Waals surface area contributed by atoms with Crippen molar-refractivity contribution in [1.29, 1.82) is 0 Å². The Kier molecular flexibility index (Phi) is 2.71. The number of carbonyl (C=O) groups is 1. The molecule has 0 fully saturated rings. The van der Waals surface area contributed by atoms with Gasteiger partial charge in [-0.05, 0) is 38.1 Å². The number of imidazole rings is 1. The van der Waals surface area contributed by atoms with Gasteiger partial charge in [-0.25, -0.2) is 4.98 Å². The Balaban J connectivity index is 2.32. The second-order valence-corrected chi connectivity index (χ2v) is 4.56. The molecule has 0 spiro atoms. The van der Waals surface area contributed by atoms with E-state index >= 15 is 0 Å². The van der Waals surface area contributed by atoms with Crippen LogP contribution < -0.4 is 0 Å². The number of hydrogen-bond donors (Lipinski definition) is 0. The van der Waals surface area contributed by atoms with E-state index in [4.69, 9.17) is 4.42 Å². The first-order chi connectivity index (χ1) is 9.18. The lowest BCUT2D eigenvalue weighted by atomic mass is 10.2. The Morgan fingerprint density at radius 3 is 2.74 bits per heavy atom. The largest absolute Gasteiger partial charge is 0.461 e. The van der Waals surface area contributed by atoms with Gasteiger partial charge in [0.05, 0.1) is 23.3 Å². The van der Waals surface area contributed by atoms with Gasteiger partial charge in [0.2, 0.25) is 0 Å². The SMILES string of the molecule is CC(=O)C(C)n1c(-c2ccco2)nc2ccccc21. The normalized spacial score (nSPS) is 12.7. The molecule has 3 rings (SSSR count). The van der Waals surface area contributed by atoms with E-state index in [-0.39, 0.29) is 11.8 Å². The Morgan fingerprint density at radius 1 is 1.26 bits per heavy atom. The molecule has 1 unspecified atom stereocenters. The molecule has 4 nitrogen and oxygen atoms in total. The van der Waals surface area contributed by atoms with Gasteiger partial charge < -0.3 is 8.98 Å². The van der Waals surface area contributed by atoms with E-state index in [9.17, 15) is 4.79 Å². The molecule has 0 bridgehead atoms. The summed E-state index contributed by atoms with van der Waals surface area (Å²) >= 11 is 0. The second-order valence-electron chi connectivity index (χ2n) is 4.56. The first kappa shape index (κ1) is 11.7. The number of nitrogens with zero attached hydrogens (tertiary/aromatic N) is 2. The lowest BCUT2D eigenvalue weighted by Crippen LogP contribution is -2.14. The van der Waals surface area contributed by atoms with E-state index in [1.165, 1.54) is 0 Å². The van der Waals surface area contributed by atoms with Crippen LogP contribution in [0.25, 0.3) is 22.6 Å². The van der Waals surface area contributed by atoms with E-state index in [1.54, 1.807) is 13.2 Å². The predicted molar refractivity (Wildman–Crippen MR) is 72.8 cm³/mol. The summed E-state index contributed by atoms with van der Waals surface area (Å²) in [7, 11) is 0. The van der Waals surface area contributed by atoms with Crippen LogP contribution in [0.15, 0.2) is 47.1 Å². The van der Waals surface area contributed by atoms with Crippen molar-refractivity contribution in [1.82, 2.24) is 9.55 Å². The summed E-state index contributed by atoms with van der Waals surface area (Å²) in [4.78, 5) is 16.3. The minimum Gasteiger partial charge on any atom is -0.461 e. The summed E-state index contributed by atoms with van der Waals surface area (Å²) in [6.45, 7) is 3.47. The zero-order chi connectivity index (χ0) is 13.4. The molecule has 2 heterocycles. The van der Waals surface area contributed by atoms with Gasteiger partial charge in [0, 0.05) is 0 Å².